The van der Waals surface area contributed by atoms with E-state index in [1.165, 1.54) is 4.57 Å². The van der Waals surface area contributed by atoms with E-state index in [1.807, 2.05) is 6.92 Å². The fraction of sp³-hybridized carbons (Fsp3) is 0.571. The van der Waals surface area contributed by atoms with Crippen LogP contribution in [0.1, 0.15) is 39.9 Å². The third-order valence-electron chi connectivity index (χ3n) is 3.06. The molecule has 0 radical (unpaired) electrons. The molecule has 21 heavy (non-hydrogen) atoms. The quantitative estimate of drug-likeness (QED) is 0.851. The summed E-state index contributed by atoms with van der Waals surface area (Å²) in [4.78, 5) is 33.7. The number of hydrogen-bond acceptors (Lipinski definition) is 4. The molecule has 0 saturated heterocycles. The van der Waals surface area contributed by atoms with E-state index in [2.05, 4.69) is 35.7 Å². The minimum atomic E-state index is -0.488. The van der Waals surface area contributed by atoms with E-state index >= 15 is 0 Å². The Labute approximate surface area is 127 Å². The van der Waals surface area contributed by atoms with Crippen molar-refractivity contribution in [2.24, 2.45) is 5.41 Å². The molecule has 0 aliphatic heterocycles. The second kappa shape index (κ2) is 5.55. The normalized spacial score (nSPS) is 12.0. The molecule has 2 rings (SSSR count). The molecular weight excluding hydrogens is 288 g/mol. The number of aromatic amines is 2. The van der Waals surface area contributed by atoms with Crippen LogP contribution in [-0.2, 0) is 13.0 Å². The summed E-state index contributed by atoms with van der Waals surface area (Å²) in [5, 5.41) is 0.274. The molecule has 0 atom stereocenters. The van der Waals surface area contributed by atoms with Gasteiger partial charge in [0.1, 0.15) is 21.5 Å². The molecule has 2 aromatic heterocycles. The Morgan fingerprint density at radius 2 is 1.90 bits per heavy atom. The van der Waals surface area contributed by atoms with Gasteiger partial charge < -0.3 is 4.98 Å². The van der Waals surface area contributed by atoms with E-state index in [-0.39, 0.29) is 15.4 Å². The molecule has 0 aliphatic rings. The van der Waals surface area contributed by atoms with Crippen molar-refractivity contribution in [1.29, 1.82) is 0 Å². The van der Waals surface area contributed by atoms with Crippen LogP contribution in [0.2, 0.25) is 0 Å². The van der Waals surface area contributed by atoms with Gasteiger partial charge in [-0.05, 0) is 11.8 Å². The third-order valence-corrected chi connectivity index (χ3v) is 3.35. The van der Waals surface area contributed by atoms with Crippen LogP contribution in [0.4, 0.5) is 0 Å². The number of hydrogen-bond donors (Lipinski definition) is 2. The van der Waals surface area contributed by atoms with E-state index in [4.69, 9.17) is 12.2 Å². The van der Waals surface area contributed by atoms with Crippen LogP contribution in [0.3, 0.4) is 0 Å². The van der Waals surface area contributed by atoms with Crippen molar-refractivity contribution in [3.05, 3.63) is 31.3 Å². The number of H-pyrrole nitrogens is 2. The van der Waals surface area contributed by atoms with E-state index in [0.717, 1.165) is 6.42 Å². The molecule has 0 spiro atoms. The molecule has 0 fully saturated rings. The zero-order valence-corrected chi connectivity index (χ0v) is 13.6. The van der Waals surface area contributed by atoms with Crippen molar-refractivity contribution in [3.8, 4) is 0 Å². The minimum Gasteiger partial charge on any atom is -0.329 e. The van der Waals surface area contributed by atoms with Crippen LogP contribution in [0.15, 0.2) is 9.59 Å². The Hall–Kier alpha value is -1.76. The van der Waals surface area contributed by atoms with Crippen LogP contribution < -0.4 is 11.2 Å². The topological polar surface area (TPSA) is 83.5 Å². The van der Waals surface area contributed by atoms with Crippen LogP contribution in [-0.4, -0.2) is 19.5 Å². The van der Waals surface area contributed by atoms with Gasteiger partial charge in [0.05, 0.1) is 0 Å². The molecule has 0 unspecified atom stereocenters. The summed E-state index contributed by atoms with van der Waals surface area (Å²) >= 11 is 5.24. The van der Waals surface area contributed by atoms with Gasteiger partial charge in [0.15, 0.2) is 0 Å². The average Bonchev–Trinajstić information content (AvgIpc) is 2.31. The summed E-state index contributed by atoms with van der Waals surface area (Å²) in [5.41, 5.74) is -0.424. The van der Waals surface area contributed by atoms with Crippen molar-refractivity contribution in [3.63, 3.8) is 0 Å². The highest BCUT2D eigenvalue weighted by molar-refractivity contribution is 7.71. The monoisotopic (exact) mass is 308 g/mol. The van der Waals surface area contributed by atoms with Gasteiger partial charge >= 0.3 is 5.69 Å². The van der Waals surface area contributed by atoms with Gasteiger partial charge in [-0.2, -0.15) is 0 Å². The summed E-state index contributed by atoms with van der Waals surface area (Å²) in [7, 11) is 0. The number of aryl methyl sites for hydroxylation is 1. The fourth-order valence-electron chi connectivity index (χ4n) is 2.27. The molecule has 7 heteroatoms. The Bertz CT molecular complexity index is 839. The number of nitrogens with zero attached hydrogens (tertiary/aromatic N) is 2. The van der Waals surface area contributed by atoms with Crippen molar-refractivity contribution >= 4 is 23.3 Å². The van der Waals surface area contributed by atoms with Crippen LogP contribution in [0.25, 0.3) is 11.0 Å². The van der Waals surface area contributed by atoms with Gasteiger partial charge in [0.2, 0.25) is 0 Å². The number of fused-ring (bicyclic) bond motifs is 1. The Kier molecular flexibility index (Phi) is 4.13. The van der Waals surface area contributed by atoms with Gasteiger partial charge in [-0.3, -0.25) is 14.3 Å². The van der Waals surface area contributed by atoms with E-state index in [9.17, 15) is 9.59 Å². The number of aromatic nitrogens is 4. The van der Waals surface area contributed by atoms with Crippen LogP contribution in [0.5, 0.6) is 0 Å². The summed E-state index contributed by atoms with van der Waals surface area (Å²) in [5.74, 6) is 0.690. The molecule has 2 aromatic rings. The smallest absolute Gasteiger partial charge is 0.329 e. The predicted molar refractivity (Wildman–Crippen MR) is 85.3 cm³/mol. The fourth-order valence-corrected chi connectivity index (χ4v) is 2.57. The van der Waals surface area contributed by atoms with Gasteiger partial charge in [-0.15, -0.1) is 0 Å². The van der Waals surface area contributed by atoms with Gasteiger partial charge in [-0.25, -0.2) is 9.78 Å². The lowest BCUT2D eigenvalue weighted by Gasteiger charge is -2.18. The Balaban J connectivity index is 2.82. The van der Waals surface area contributed by atoms with Crippen LogP contribution in [0, 0.1) is 10.1 Å². The SMILES string of the molecule is CCCn1c(=O)[nH]c(=O)c2c(=S)nc(CC(C)(C)C)[nH]c21. The number of nitrogens with one attached hydrogen (secondary N) is 2. The Morgan fingerprint density at radius 1 is 1.24 bits per heavy atom. The molecule has 0 amide bonds. The molecule has 0 bridgehead atoms. The highest BCUT2D eigenvalue weighted by Gasteiger charge is 2.16. The third kappa shape index (κ3) is 3.29. The molecule has 0 aromatic carbocycles. The summed E-state index contributed by atoms with van der Waals surface area (Å²) < 4.78 is 1.74. The summed E-state index contributed by atoms with van der Waals surface area (Å²) in [6.45, 7) is 8.75. The van der Waals surface area contributed by atoms with Crippen molar-refractivity contribution in [1.82, 2.24) is 19.5 Å². The highest BCUT2D eigenvalue weighted by Crippen LogP contribution is 2.19. The van der Waals surface area contributed by atoms with E-state index in [0.29, 0.717) is 24.4 Å². The molecular formula is C14H20N4O2S. The molecule has 0 aliphatic carbocycles. The summed E-state index contributed by atoms with van der Waals surface area (Å²) in [6, 6.07) is 0. The average molecular weight is 308 g/mol. The predicted octanol–water partition coefficient (Wildman–Crippen LogP) is 2.14. The first-order valence-electron chi connectivity index (χ1n) is 6.99. The maximum absolute atomic E-state index is 12.0. The zero-order valence-electron chi connectivity index (χ0n) is 12.7. The zero-order chi connectivity index (χ0) is 15.8. The second-order valence-electron chi connectivity index (χ2n) is 6.36. The maximum Gasteiger partial charge on any atom is 0.329 e. The second-order valence-corrected chi connectivity index (χ2v) is 6.75. The van der Waals surface area contributed by atoms with E-state index in [1.54, 1.807) is 0 Å². The lowest BCUT2D eigenvalue weighted by Crippen LogP contribution is -2.31. The summed E-state index contributed by atoms with van der Waals surface area (Å²) in [6.07, 6.45) is 1.46. The molecule has 6 nitrogen and oxygen atoms in total. The van der Waals surface area contributed by atoms with E-state index < -0.39 is 11.2 Å². The van der Waals surface area contributed by atoms with Crippen molar-refractivity contribution in [2.45, 2.75) is 47.1 Å². The van der Waals surface area contributed by atoms with Crippen molar-refractivity contribution < 1.29 is 0 Å². The largest absolute Gasteiger partial charge is 0.329 e. The van der Waals surface area contributed by atoms with Gasteiger partial charge in [0.25, 0.3) is 5.56 Å². The lowest BCUT2D eigenvalue weighted by molar-refractivity contribution is 0.400. The standard InChI is InChI=1S/C14H20N4O2S/c1-5-6-18-10-9(11(19)17-13(18)20)12(21)16-8(15-10)7-14(2,3)4/h5-7H2,1-4H3,(H,15,16,21)(H,17,19,20). The van der Waals surface area contributed by atoms with Gasteiger partial charge in [-0.1, -0.05) is 39.9 Å². The van der Waals surface area contributed by atoms with Crippen LogP contribution >= 0.6 is 12.2 Å². The molecule has 0 saturated carbocycles. The van der Waals surface area contributed by atoms with Crippen molar-refractivity contribution in [2.75, 3.05) is 0 Å². The maximum atomic E-state index is 12.0. The molecule has 2 heterocycles. The minimum absolute atomic E-state index is 0.0238. The van der Waals surface area contributed by atoms with Gasteiger partial charge in [0, 0.05) is 13.0 Å². The molecule has 114 valence electrons. The lowest BCUT2D eigenvalue weighted by atomic mass is 9.92. The first-order chi connectivity index (χ1) is 9.73. The number of rotatable bonds is 3. The first-order valence-corrected chi connectivity index (χ1v) is 7.40. The highest BCUT2D eigenvalue weighted by atomic mass is 32.1. The Morgan fingerprint density at radius 3 is 2.48 bits per heavy atom. The first kappa shape index (κ1) is 15.6. The molecule has 2 N–H and O–H groups in total.